The van der Waals surface area contributed by atoms with Crippen LogP contribution in [0.2, 0.25) is 10.0 Å². The number of carbonyl (C=O) groups excluding carboxylic acids is 2. The number of non-ortho nitro benzene ring substituents is 1. The molecule has 0 saturated carbocycles. The van der Waals surface area contributed by atoms with Gasteiger partial charge in [-0.15, -0.1) is 0 Å². The molecule has 276 valence electrons. The fourth-order valence-electron chi connectivity index (χ4n) is 5.80. The van der Waals surface area contributed by atoms with Crippen LogP contribution in [0, 0.1) is 20.2 Å². The molecule has 14 nitrogen and oxygen atoms in total. The van der Waals surface area contributed by atoms with Crippen molar-refractivity contribution in [2.75, 3.05) is 40.0 Å². The number of hydrogen-bond donors (Lipinski definition) is 1. The lowest BCUT2D eigenvalue weighted by atomic mass is 9.90. The van der Waals surface area contributed by atoms with Crippen LogP contribution in [0.15, 0.2) is 75.9 Å². The Morgan fingerprint density at radius 1 is 0.868 bits per heavy atom. The molecule has 5 rings (SSSR count). The molecule has 16 heteroatoms. The third-order valence-corrected chi connectivity index (χ3v) is 8.95. The highest BCUT2D eigenvalue weighted by atomic mass is 35.5. The van der Waals surface area contributed by atoms with Crippen molar-refractivity contribution >= 4 is 57.2 Å². The second-order valence-corrected chi connectivity index (χ2v) is 12.9. The highest BCUT2D eigenvalue weighted by Gasteiger charge is 2.25. The molecule has 1 heterocycles. The van der Waals surface area contributed by atoms with Gasteiger partial charge in [0.2, 0.25) is 5.43 Å². The van der Waals surface area contributed by atoms with Crippen molar-refractivity contribution in [1.29, 1.82) is 0 Å². The standard InChI is InChI=1S/C37H33Cl2N3O11/c1-40(21-24(43)7-5-13-52-15-14-51-12-4-6-22-10-11-23(41(47)48)16-31(22)42(49)50)37(46)26-9-3-2-8-25(26)36-27-17-29(38)32(44)19-34(27)53-35-20-33(45)30(39)18-28(35)36/h2-3,8-11,16-20,44H,4-7,12-15,21H2,1H3. The third kappa shape index (κ3) is 9.34. The first-order valence-corrected chi connectivity index (χ1v) is 17.1. The molecule has 0 saturated heterocycles. The maximum absolute atomic E-state index is 13.8. The Balaban J connectivity index is 1.12. The molecule has 0 unspecified atom stereocenters. The van der Waals surface area contributed by atoms with Gasteiger partial charge in [0.1, 0.15) is 17.1 Å². The van der Waals surface area contributed by atoms with E-state index in [4.69, 9.17) is 37.1 Å². The summed E-state index contributed by atoms with van der Waals surface area (Å²) in [5.74, 6) is -0.638. The van der Waals surface area contributed by atoms with E-state index in [2.05, 4.69) is 0 Å². The summed E-state index contributed by atoms with van der Waals surface area (Å²) in [5, 5.41) is 32.9. The monoisotopic (exact) mass is 765 g/mol. The van der Waals surface area contributed by atoms with Crippen LogP contribution in [0.4, 0.5) is 11.4 Å². The van der Waals surface area contributed by atoms with E-state index in [0.717, 1.165) is 6.07 Å². The molecule has 0 atom stereocenters. The summed E-state index contributed by atoms with van der Waals surface area (Å²) in [5.41, 5.74) is 1.20. The normalized spacial score (nSPS) is 11.2. The molecule has 1 aliphatic heterocycles. The van der Waals surface area contributed by atoms with Crippen molar-refractivity contribution < 1.29 is 38.4 Å². The molecule has 1 N–H and O–H groups in total. The number of rotatable bonds is 17. The largest absolute Gasteiger partial charge is 0.506 e. The van der Waals surface area contributed by atoms with Crippen LogP contribution >= 0.6 is 23.2 Å². The van der Waals surface area contributed by atoms with Crippen LogP contribution < -0.4 is 5.43 Å². The summed E-state index contributed by atoms with van der Waals surface area (Å²) in [6.07, 6.45) is 1.37. The smallest absolute Gasteiger partial charge is 0.279 e. The first-order chi connectivity index (χ1) is 25.3. The third-order valence-electron chi connectivity index (χ3n) is 8.36. The molecule has 0 spiro atoms. The summed E-state index contributed by atoms with van der Waals surface area (Å²) in [6, 6.07) is 15.9. The van der Waals surface area contributed by atoms with Crippen LogP contribution in [0.25, 0.3) is 33.4 Å². The Morgan fingerprint density at radius 3 is 2.30 bits per heavy atom. The lowest BCUT2D eigenvalue weighted by Crippen LogP contribution is -2.32. The first-order valence-electron chi connectivity index (χ1n) is 16.4. The van der Waals surface area contributed by atoms with Gasteiger partial charge in [0.25, 0.3) is 17.3 Å². The van der Waals surface area contributed by atoms with E-state index in [1.165, 1.54) is 48.3 Å². The number of Topliss-reactive ketones (excluding diaryl/α,β-unsaturated/α-hetero) is 1. The molecular weight excluding hydrogens is 733 g/mol. The van der Waals surface area contributed by atoms with Crippen LogP contribution in [-0.4, -0.2) is 71.6 Å². The maximum atomic E-state index is 13.8. The average Bonchev–Trinajstić information content (AvgIpc) is 3.12. The second kappa shape index (κ2) is 17.4. The van der Waals surface area contributed by atoms with Crippen molar-refractivity contribution in [3.8, 4) is 28.2 Å². The van der Waals surface area contributed by atoms with E-state index in [9.17, 15) is 39.7 Å². The zero-order valence-corrected chi connectivity index (χ0v) is 29.9. The number of phenolic OH excluding ortho intramolecular Hbond substituents is 1. The molecule has 2 aliphatic rings. The fourth-order valence-corrected chi connectivity index (χ4v) is 6.13. The molecule has 53 heavy (non-hydrogen) atoms. The lowest BCUT2D eigenvalue weighted by Gasteiger charge is -2.21. The van der Waals surface area contributed by atoms with Gasteiger partial charge in [-0.3, -0.25) is 34.6 Å². The van der Waals surface area contributed by atoms with E-state index < -0.39 is 21.2 Å². The van der Waals surface area contributed by atoms with Crippen LogP contribution in [0.5, 0.6) is 5.75 Å². The predicted octanol–water partition coefficient (Wildman–Crippen LogP) is 7.48. The Hall–Kier alpha value is -5.41. The molecule has 0 radical (unpaired) electrons. The van der Waals surface area contributed by atoms with Gasteiger partial charge in [-0.05, 0) is 49.1 Å². The summed E-state index contributed by atoms with van der Waals surface area (Å²) < 4.78 is 17.0. The Bertz CT molecular complexity index is 2220. The minimum atomic E-state index is -0.681. The number of ether oxygens (including phenoxy) is 2. The van der Waals surface area contributed by atoms with Crippen molar-refractivity contribution in [3.05, 3.63) is 118 Å². The van der Waals surface area contributed by atoms with E-state index >= 15 is 0 Å². The number of hydrogen-bond acceptors (Lipinski definition) is 11. The number of ketones is 1. The number of aromatic hydroxyl groups is 1. The number of nitro groups is 2. The molecule has 1 aliphatic carbocycles. The number of amides is 1. The molecule has 3 aromatic carbocycles. The lowest BCUT2D eigenvalue weighted by molar-refractivity contribution is -0.394. The van der Waals surface area contributed by atoms with Gasteiger partial charge in [-0.2, -0.15) is 0 Å². The van der Waals surface area contributed by atoms with E-state index in [1.807, 2.05) is 0 Å². The minimum Gasteiger partial charge on any atom is -0.506 e. The highest BCUT2D eigenvalue weighted by Crippen LogP contribution is 2.44. The topological polar surface area (TPSA) is 193 Å². The molecule has 0 aromatic heterocycles. The summed E-state index contributed by atoms with van der Waals surface area (Å²) in [4.78, 5) is 61.2. The van der Waals surface area contributed by atoms with Crippen LogP contribution in [0.3, 0.4) is 0 Å². The molecule has 0 bridgehead atoms. The van der Waals surface area contributed by atoms with E-state index in [1.54, 1.807) is 24.3 Å². The number of nitro benzene ring substituents is 2. The highest BCUT2D eigenvalue weighted by molar-refractivity contribution is 6.33. The van der Waals surface area contributed by atoms with Gasteiger partial charge in [0.05, 0.1) is 45.7 Å². The fraction of sp³-hybridized carbons (Fsp3) is 0.270. The molecular formula is C37H33Cl2N3O11. The number of aryl methyl sites for hydroxylation is 1. The Kier molecular flexibility index (Phi) is 12.7. The SMILES string of the molecule is CN(CC(=O)CCCOCCOCCCc1ccc([N+](=O)[O-])cc1[N+](=O)[O-])C(=O)c1ccccc1-c1c2cc(Cl)c(=O)cc-2oc2cc(O)c(Cl)cc12. The van der Waals surface area contributed by atoms with Gasteiger partial charge < -0.3 is 23.9 Å². The number of phenols is 1. The van der Waals surface area contributed by atoms with Gasteiger partial charge in [0, 0.05) is 72.5 Å². The number of carbonyl (C=O) groups is 2. The number of nitrogens with zero attached hydrogens (tertiary/aromatic N) is 3. The zero-order valence-electron chi connectivity index (χ0n) is 28.3. The molecule has 0 fully saturated rings. The predicted molar refractivity (Wildman–Crippen MR) is 197 cm³/mol. The second-order valence-electron chi connectivity index (χ2n) is 12.1. The number of fused-ring (bicyclic) bond motifs is 2. The molecule has 1 amide bonds. The minimum absolute atomic E-state index is 0.0480. The van der Waals surface area contributed by atoms with Crippen LogP contribution in [-0.2, 0) is 20.7 Å². The zero-order chi connectivity index (χ0) is 38.2. The maximum Gasteiger partial charge on any atom is 0.279 e. The Labute approximate surface area is 312 Å². The van der Waals surface area contributed by atoms with Crippen LogP contribution in [0.1, 0.15) is 35.2 Å². The molecule has 3 aromatic rings. The van der Waals surface area contributed by atoms with Crippen molar-refractivity contribution in [2.24, 2.45) is 0 Å². The van der Waals surface area contributed by atoms with Crippen molar-refractivity contribution in [1.82, 2.24) is 4.90 Å². The Morgan fingerprint density at radius 2 is 1.58 bits per heavy atom. The van der Waals surface area contributed by atoms with Gasteiger partial charge >= 0.3 is 0 Å². The summed E-state index contributed by atoms with van der Waals surface area (Å²) in [7, 11) is 1.52. The first kappa shape index (κ1) is 38.8. The van der Waals surface area contributed by atoms with Gasteiger partial charge in [-0.25, -0.2) is 0 Å². The van der Waals surface area contributed by atoms with Crippen molar-refractivity contribution in [3.63, 3.8) is 0 Å². The number of likely N-dealkylation sites (N-methyl/N-ethyl adjacent to an activating group) is 1. The average molecular weight is 767 g/mol. The summed E-state index contributed by atoms with van der Waals surface area (Å²) in [6.45, 7) is 0.973. The summed E-state index contributed by atoms with van der Waals surface area (Å²) >= 11 is 12.5. The van der Waals surface area contributed by atoms with Gasteiger partial charge in [0.15, 0.2) is 5.78 Å². The number of halogens is 2. The number of benzene rings is 4. The van der Waals surface area contributed by atoms with E-state index in [0.29, 0.717) is 53.5 Å². The van der Waals surface area contributed by atoms with E-state index in [-0.39, 0.29) is 82.6 Å². The van der Waals surface area contributed by atoms with Crippen molar-refractivity contribution in [2.45, 2.75) is 25.7 Å². The van der Waals surface area contributed by atoms with Gasteiger partial charge in [-0.1, -0.05) is 41.4 Å². The quantitative estimate of drug-likeness (QED) is 0.0427.